The summed E-state index contributed by atoms with van der Waals surface area (Å²) in [6.45, 7) is 1.70. The highest BCUT2D eigenvalue weighted by Gasteiger charge is 2.15. The Morgan fingerprint density at radius 3 is 2.08 bits per heavy atom. The number of halogens is 2. The lowest BCUT2D eigenvalue weighted by atomic mass is 10.2. The van der Waals surface area contributed by atoms with Crippen LogP contribution in [0.2, 0.25) is 10.0 Å². The maximum atomic E-state index is 12.3. The van der Waals surface area contributed by atoms with Crippen molar-refractivity contribution in [1.29, 1.82) is 0 Å². The van der Waals surface area contributed by atoms with Crippen LogP contribution in [0, 0.1) is 0 Å². The first-order valence-electron chi connectivity index (χ1n) is 7.12. The number of ether oxygens (including phenoxy) is 1. The molecule has 0 radical (unpaired) electrons. The van der Waals surface area contributed by atoms with E-state index in [1.807, 2.05) is 0 Å². The smallest absolute Gasteiger partial charge is 0.327 e. The van der Waals surface area contributed by atoms with Crippen LogP contribution >= 0.6 is 23.2 Å². The predicted octanol–water partition coefficient (Wildman–Crippen LogP) is 4.22. The summed E-state index contributed by atoms with van der Waals surface area (Å²) < 4.78 is 4.65. The molecule has 2 N–H and O–H groups in total. The molecule has 1 atom stereocenters. The molecule has 0 saturated heterocycles. The van der Waals surface area contributed by atoms with Gasteiger partial charge < -0.3 is 15.4 Å². The average molecular weight is 367 g/mol. The van der Waals surface area contributed by atoms with E-state index in [1.165, 1.54) is 7.11 Å². The number of hydrogen-bond donors (Lipinski definition) is 2. The standard InChI is InChI=1S/C17H16Cl2N2O3/c1-10(17(23)24-2)20-11-6-8-12(9-7-11)21-16(22)15-13(18)4-3-5-14(15)19/h3-10,20H,1-2H3,(H,21,22)/t10-/m0/s1. The van der Waals surface area contributed by atoms with E-state index in [4.69, 9.17) is 23.2 Å². The van der Waals surface area contributed by atoms with Gasteiger partial charge in [-0.05, 0) is 43.3 Å². The molecule has 0 bridgehead atoms. The molecular weight excluding hydrogens is 351 g/mol. The van der Waals surface area contributed by atoms with Crippen LogP contribution in [0.1, 0.15) is 17.3 Å². The van der Waals surface area contributed by atoms with Gasteiger partial charge in [0.2, 0.25) is 0 Å². The van der Waals surface area contributed by atoms with Gasteiger partial charge in [0.05, 0.1) is 22.7 Å². The molecule has 0 fully saturated rings. The summed E-state index contributed by atoms with van der Waals surface area (Å²) in [5.74, 6) is -0.755. The molecule has 0 spiro atoms. The lowest BCUT2D eigenvalue weighted by molar-refractivity contribution is -0.141. The monoisotopic (exact) mass is 366 g/mol. The Morgan fingerprint density at radius 1 is 1.00 bits per heavy atom. The van der Waals surface area contributed by atoms with Crippen LogP contribution in [0.3, 0.4) is 0 Å². The summed E-state index contributed by atoms with van der Waals surface area (Å²) in [5, 5.41) is 6.29. The van der Waals surface area contributed by atoms with Crippen molar-refractivity contribution in [3.05, 3.63) is 58.1 Å². The number of rotatable bonds is 5. The largest absolute Gasteiger partial charge is 0.467 e. The normalized spacial score (nSPS) is 11.5. The van der Waals surface area contributed by atoms with Crippen molar-refractivity contribution in [2.75, 3.05) is 17.7 Å². The van der Waals surface area contributed by atoms with Gasteiger partial charge in [-0.1, -0.05) is 29.3 Å². The molecule has 0 aromatic heterocycles. The second kappa shape index (κ2) is 8.04. The molecule has 0 aliphatic carbocycles. The molecule has 7 heteroatoms. The molecule has 24 heavy (non-hydrogen) atoms. The van der Waals surface area contributed by atoms with Gasteiger partial charge in [-0.2, -0.15) is 0 Å². The summed E-state index contributed by atoms with van der Waals surface area (Å²) in [4.78, 5) is 23.7. The fourth-order valence-electron chi connectivity index (χ4n) is 2.04. The van der Waals surface area contributed by atoms with Crippen LogP contribution in [-0.2, 0) is 9.53 Å². The SMILES string of the molecule is COC(=O)[C@H](C)Nc1ccc(NC(=O)c2c(Cl)cccc2Cl)cc1. The van der Waals surface area contributed by atoms with Crippen molar-refractivity contribution in [2.45, 2.75) is 13.0 Å². The van der Waals surface area contributed by atoms with Gasteiger partial charge in [-0.3, -0.25) is 4.79 Å². The number of esters is 1. The van der Waals surface area contributed by atoms with E-state index in [0.29, 0.717) is 5.69 Å². The van der Waals surface area contributed by atoms with Gasteiger partial charge in [-0.15, -0.1) is 0 Å². The molecule has 2 aromatic carbocycles. The van der Waals surface area contributed by atoms with Crippen molar-refractivity contribution in [3.63, 3.8) is 0 Å². The van der Waals surface area contributed by atoms with Gasteiger partial charge in [0, 0.05) is 11.4 Å². The molecule has 5 nitrogen and oxygen atoms in total. The number of carbonyl (C=O) groups excluding carboxylic acids is 2. The minimum atomic E-state index is -0.475. The zero-order valence-electron chi connectivity index (χ0n) is 13.1. The predicted molar refractivity (Wildman–Crippen MR) is 96.0 cm³/mol. The van der Waals surface area contributed by atoms with Crippen LogP contribution in [0.15, 0.2) is 42.5 Å². The third-order valence-electron chi connectivity index (χ3n) is 3.27. The molecule has 0 aliphatic heterocycles. The minimum absolute atomic E-state index is 0.224. The molecule has 0 saturated carbocycles. The number of hydrogen-bond acceptors (Lipinski definition) is 4. The molecule has 0 unspecified atom stereocenters. The van der Waals surface area contributed by atoms with Crippen molar-refractivity contribution in [2.24, 2.45) is 0 Å². The Morgan fingerprint density at radius 2 is 1.54 bits per heavy atom. The summed E-state index contributed by atoms with van der Waals surface area (Å²) >= 11 is 12.0. The van der Waals surface area contributed by atoms with Crippen molar-refractivity contribution >= 4 is 46.5 Å². The van der Waals surface area contributed by atoms with E-state index < -0.39 is 11.9 Å². The van der Waals surface area contributed by atoms with E-state index in [1.54, 1.807) is 49.4 Å². The second-order valence-corrected chi connectivity index (χ2v) is 5.83. The van der Waals surface area contributed by atoms with E-state index >= 15 is 0 Å². The topological polar surface area (TPSA) is 67.4 Å². The number of amides is 1. The Hall–Kier alpha value is -2.24. The van der Waals surface area contributed by atoms with Crippen molar-refractivity contribution in [1.82, 2.24) is 0 Å². The van der Waals surface area contributed by atoms with Crippen LogP contribution < -0.4 is 10.6 Å². The Balaban J connectivity index is 2.06. The van der Waals surface area contributed by atoms with Gasteiger partial charge >= 0.3 is 5.97 Å². The second-order valence-electron chi connectivity index (χ2n) is 5.02. The third kappa shape index (κ3) is 4.40. The third-order valence-corrected chi connectivity index (χ3v) is 3.90. The Kier molecular flexibility index (Phi) is 6.06. The molecule has 1 amide bonds. The summed E-state index contributed by atoms with van der Waals surface area (Å²) in [7, 11) is 1.33. The number of benzene rings is 2. The quantitative estimate of drug-likeness (QED) is 0.777. The van der Waals surface area contributed by atoms with Crippen molar-refractivity contribution < 1.29 is 14.3 Å². The first kappa shape index (κ1) is 18.1. The van der Waals surface area contributed by atoms with Crippen LogP contribution in [0.4, 0.5) is 11.4 Å². The highest BCUT2D eigenvalue weighted by atomic mass is 35.5. The molecule has 2 aromatic rings. The lowest BCUT2D eigenvalue weighted by Gasteiger charge is -2.13. The molecular formula is C17H16Cl2N2O3. The Bertz CT molecular complexity index is 728. The van der Waals surface area contributed by atoms with E-state index in [2.05, 4.69) is 15.4 Å². The van der Waals surface area contributed by atoms with Gasteiger partial charge in [0.15, 0.2) is 0 Å². The molecule has 0 aliphatic rings. The summed E-state index contributed by atoms with van der Waals surface area (Å²) in [5.41, 5.74) is 1.52. The first-order chi connectivity index (χ1) is 11.4. The van der Waals surface area contributed by atoms with E-state index in [9.17, 15) is 9.59 Å². The van der Waals surface area contributed by atoms with Crippen LogP contribution in [0.5, 0.6) is 0 Å². The average Bonchev–Trinajstić information content (AvgIpc) is 2.55. The van der Waals surface area contributed by atoms with Crippen LogP contribution in [0.25, 0.3) is 0 Å². The summed E-state index contributed by atoms with van der Waals surface area (Å²) in [6.07, 6.45) is 0. The first-order valence-corrected chi connectivity index (χ1v) is 7.87. The Labute approximate surface area is 149 Å². The van der Waals surface area contributed by atoms with Crippen LogP contribution in [-0.4, -0.2) is 25.0 Å². The van der Waals surface area contributed by atoms with E-state index in [-0.39, 0.29) is 21.6 Å². The summed E-state index contributed by atoms with van der Waals surface area (Å²) in [6, 6.07) is 11.3. The minimum Gasteiger partial charge on any atom is -0.467 e. The number of carbonyl (C=O) groups is 2. The van der Waals surface area contributed by atoms with Gasteiger partial charge in [-0.25, -0.2) is 4.79 Å². The highest BCUT2D eigenvalue weighted by Crippen LogP contribution is 2.25. The number of nitrogens with one attached hydrogen (secondary N) is 2. The fraction of sp³-hybridized carbons (Fsp3) is 0.176. The maximum Gasteiger partial charge on any atom is 0.327 e. The fourth-order valence-corrected chi connectivity index (χ4v) is 2.61. The van der Waals surface area contributed by atoms with Crippen molar-refractivity contribution in [3.8, 4) is 0 Å². The maximum absolute atomic E-state index is 12.3. The molecule has 126 valence electrons. The van der Waals surface area contributed by atoms with Gasteiger partial charge in [0.1, 0.15) is 6.04 Å². The number of anilines is 2. The zero-order valence-corrected chi connectivity index (χ0v) is 14.6. The lowest BCUT2D eigenvalue weighted by Crippen LogP contribution is -2.27. The van der Waals surface area contributed by atoms with Gasteiger partial charge in [0.25, 0.3) is 5.91 Å². The highest BCUT2D eigenvalue weighted by molar-refractivity contribution is 6.40. The molecule has 0 heterocycles. The number of methoxy groups -OCH3 is 1. The van der Waals surface area contributed by atoms with E-state index in [0.717, 1.165) is 5.69 Å². The zero-order chi connectivity index (χ0) is 17.7. The molecule has 2 rings (SSSR count).